The first-order valence-electron chi connectivity index (χ1n) is 5.46. The number of hydrogen-bond donors (Lipinski definition) is 1. The fraction of sp³-hybridized carbons (Fsp3) is 1.00. The van der Waals surface area contributed by atoms with Gasteiger partial charge < -0.3 is 9.84 Å². The molecule has 0 bridgehead atoms. The van der Waals surface area contributed by atoms with Crippen molar-refractivity contribution < 1.29 is 9.84 Å². The van der Waals surface area contributed by atoms with Gasteiger partial charge in [-0.2, -0.15) is 0 Å². The number of aliphatic hydroxyl groups excluding tert-OH is 1. The van der Waals surface area contributed by atoms with Crippen LogP contribution in [-0.4, -0.2) is 23.9 Å². The molecule has 0 spiro atoms. The van der Waals surface area contributed by atoms with Gasteiger partial charge in [0.2, 0.25) is 0 Å². The third-order valence-electron chi connectivity index (χ3n) is 2.09. The first kappa shape index (κ1) is 12.9. The van der Waals surface area contributed by atoms with Crippen molar-refractivity contribution in [2.75, 3.05) is 6.61 Å². The lowest BCUT2D eigenvalue weighted by atomic mass is 10.1. The summed E-state index contributed by atoms with van der Waals surface area (Å²) in [6, 6.07) is 0. The molecule has 0 saturated heterocycles. The first-order chi connectivity index (χ1) is 6.16. The van der Waals surface area contributed by atoms with E-state index in [1.165, 1.54) is 25.7 Å². The Morgan fingerprint density at radius 1 is 1.15 bits per heavy atom. The molecule has 0 aromatic heterocycles. The molecule has 0 saturated carbocycles. The topological polar surface area (TPSA) is 29.5 Å². The maximum Gasteiger partial charge on any atom is 0.0745 e. The van der Waals surface area contributed by atoms with Crippen molar-refractivity contribution in [3.63, 3.8) is 0 Å². The van der Waals surface area contributed by atoms with Crippen molar-refractivity contribution in [1.82, 2.24) is 0 Å². The second-order valence-electron chi connectivity index (χ2n) is 3.84. The Labute approximate surface area is 82.3 Å². The van der Waals surface area contributed by atoms with Crippen LogP contribution in [0.1, 0.15) is 52.9 Å². The van der Waals surface area contributed by atoms with Crippen LogP contribution in [0.5, 0.6) is 0 Å². The average molecular weight is 188 g/mol. The van der Waals surface area contributed by atoms with E-state index in [1.807, 2.05) is 0 Å². The Hall–Kier alpha value is -0.0800. The normalized spacial score (nSPS) is 15.7. The number of rotatable bonds is 8. The van der Waals surface area contributed by atoms with Gasteiger partial charge in [0.15, 0.2) is 0 Å². The van der Waals surface area contributed by atoms with Gasteiger partial charge in [0, 0.05) is 0 Å². The van der Waals surface area contributed by atoms with E-state index >= 15 is 0 Å². The Balaban J connectivity index is 3.15. The first-order valence-corrected chi connectivity index (χ1v) is 5.46. The van der Waals surface area contributed by atoms with Gasteiger partial charge >= 0.3 is 0 Å². The Bertz CT molecular complexity index is 102. The summed E-state index contributed by atoms with van der Waals surface area (Å²) in [5, 5.41) is 8.99. The molecule has 80 valence electrons. The molecule has 1 unspecified atom stereocenters. The van der Waals surface area contributed by atoms with E-state index in [4.69, 9.17) is 9.84 Å². The van der Waals surface area contributed by atoms with Gasteiger partial charge in [-0.1, -0.05) is 32.6 Å². The standard InChI is InChI=1S/C11H24O2/c1-4-5-6-7-8-11(3)13-9-10(2)12/h10-12H,4-9H2,1-3H3/t10-,11?/m0/s1. The molecule has 0 heterocycles. The minimum atomic E-state index is -0.335. The minimum absolute atomic E-state index is 0.298. The molecule has 2 heteroatoms. The fourth-order valence-corrected chi connectivity index (χ4v) is 1.25. The predicted molar refractivity (Wildman–Crippen MR) is 55.9 cm³/mol. The van der Waals surface area contributed by atoms with E-state index in [1.54, 1.807) is 6.92 Å². The van der Waals surface area contributed by atoms with Gasteiger partial charge in [0.25, 0.3) is 0 Å². The molecule has 0 aromatic rings. The lowest BCUT2D eigenvalue weighted by Crippen LogP contribution is -2.16. The minimum Gasteiger partial charge on any atom is -0.391 e. The summed E-state index contributed by atoms with van der Waals surface area (Å²) in [6.45, 7) is 6.51. The van der Waals surface area contributed by atoms with E-state index in [2.05, 4.69) is 13.8 Å². The van der Waals surface area contributed by atoms with Gasteiger partial charge in [-0.05, 0) is 20.3 Å². The third-order valence-corrected chi connectivity index (χ3v) is 2.09. The summed E-state index contributed by atoms with van der Waals surface area (Å²) >= 11 is 0. The molecule has 13 heavy (non-hydrogen) atoms. The van der Waals surface area contributed by atoms with E-state index in [9.17, 15) is 0 Å². The van der Waals surface area contributed by atoms with Crippen LogP contribution in [-0.2, 0) is 4.74 Å². The highest BCUT2D eigenvalue weighted by Crippen LogP contribution is 2.07. The van der Waals surface area contributed by atoms with Gasteiger partial charge in [-0.3, -0.25) is 0 Å². The lowest BCUT2D eigenvalue weighted by Gasteiger charge is -2.13. The number of unbranched alkanes of at least 4 members (excludes halogenated alkanes) is 3. The van der Waals surface area contributed by atoms with Crippen LogP contribution in [0.25, 0.3) is 0 Å². The highest BCUT2D eigenvalue weighted by atomic mass is 16.5. The summed E-state index contributed by atoms with van der Waals surface area (Å²) in [6.07, 6.45) is 6.23. The predicted octanol–water partition coefficient (Wildman–Crippen LogP) is 2.74. The summed E-state index contributed by atoms with van der Waals surface area (Å²) in [7, 11) is 0. The SMILES string of the molecule is CCCCCCC(C)OC[C@H](C)O. The molecule has 0 aliphatic heterocycles. The summed E-state index contributed by atoms with van der Waals surface area (Å²) < 4.78 is 5.43. The molecule has 0 amide bonds. The average Bonchev–Trinajstić information content (AvgIpc) is 2.09. The maximum absolute atomic E-state index is 8.99. The summed E-state index contributed by atoms with van der Waals surface area (Å²) in [5.41, 5.74) is 0. The van der Waals surface area contributed by atoms with Gasteiger partial charge in [-0.15, -0.1) is 0 Å². The lowest BCUT2D eigenvalue weighted by molar-refractivity contribution is 0.00123. The molecule has 0 rings (SSSR count). The highest BCUT2D eigenvalue weighted by molar-refractivity contribution is 4.53. The Morgan fingerprint density at radius 2 is 1.85 bits per heavy atom. The smallest absolute Gasteiger partial charge is 0.0745 e. The van der Waals surface area contributed by atoms with Crippen molar-refractivity contribution in [3.05, 3.63) is 0 Å². The van der Waals surface area contributed by atoms with Crippen molar-refractivity contribution in [2.24, 2.45) is 0 Å². The van der Waals surface area contributed by atoms with Crippen LogP contribution in [0.3, 0.4) is 0 Å². The van der Waals surface area contributed by atoms with Crippen LogP contribution < -0.4 is 0 Å². The summed E-state index contributed by atoms with van der Waals surface area (Å²) in [5.74, 6) is 0. The second-order valence-corrected chi connectivity index (χ2v) is 3.84. The zero-order valence-electron chi connectivity index (χ0n) is 9.25. The van der Waals surface area contributed by atoms with Crippen LogP contribution >= 0.6 is 0 Å². The molecule has 1 N–H and O–H groups in total. The Morgan fingerprint density at radius 3 is 2.38 bits per heavy atom. The van der Waals surface area contributed by atoms with Crippen molar-refractivity contribution in [3.8, 4) is 0 Å². The summed E-state index contributed by atoms with van der Waals surface area (Å²) in [4.78, 5) is 0. The molecular weight excluding hydrogens is 164 g/mol. The van der Waals surface area contributed by atoms with Gasteiger partial charge in [-0.25, -0.2) is 0 Å². The number of aliphatic hydroxyl groups is 1. The maximum atomic E-state index is 8.99. The molecule has 2 atom stereocenters. The second kappa shape index (κ2) is 8.52. The van der Waals surface area contributed by atoms with Gasteiger partial charge in [0.1, 0.15) is 0 Å². The van der Waals surface area contributed by atoms with Crippen LogP contribution in [0, 0.1) is 0 Å². The van der Waals surface area contributed by atoms with Crippen molar-refractivity contribution >= 4 is 0 Å². The molecule has 2 nitrogen and oxygen atoms in total. The van der Waals surface area contributed by atoms with Crippen LogP contribution in [0.4, 0.5) is 0 Å². The molecule has 0 aliphatic carbocycles. The molecule has 0 radical (unpaired) electrons. The monoisotopic (exact) mass is 188 g/mol. The van der Waals surface area contributed by atoms with E-state index in [0.29, 0.717) is 12.7 Å². The molecule has 0 fully saturated rings. The third kappa shape index (κ3) is 9.84. The Kier molecular flexibility index (Phi) is 8.46. The van der Waals surface area contributed by atoms with E-state index in [-0.39, 0.29) is 6.10 Å². The zero-order valence-corrected chi connectivity index (χ0v) is 9.25. The van der Waals surface area contributed by atoms with Crippen molar-refractivity contribution in [2.45, 2.75) is 65.1 Å². The molecule has 0 aromatic carbocycles. The van der Waals surface area contributed by atoms with Crippen molar-refractivity contribution in [1.29, 1.82) is 0 Å². The number of ether oxygens (including phenoxy) is 1. The van der Waals surface area contributed by atoms with Crippen LogP contribution in [0.2, 0.25) is 0 Å². The van der Waals surface area contributed by atoms with E-state index < -0.39 is 0 Å². The molecular formula is C11H24O2. The largest absolute Gasteiger partial charge is 0.391 e. The number of hydrogen-bond acceptors (Lipinski definition) is 2. The zero-order chi connectivity index (χ0) is 10.1. The van der Waals surface area contributed by atoms with Crippen LogP contribution in [0.15, 0.2) is 0 Å². The molecule has 0 aliphatic rings. The highest BCUT2D eigenvalue weighted by Gasteiger charge is 2.03. The van der Waals surface area contributed by atoms with E-state index in [0.717, 1.165) is 6.42 Å². The quantitative estimate of drug-likeness (QED) is 0.593. The van der Waals surface area contributed by atoms with Gasteiger partial charge in [0.05, 0.1) is 18.8 Å². The fourth-order valence-electron chi connectivity index (χ4n) is 1.25.